The lowest BCUT2D eigenvalue weighted by Crippen LogP contribution is -2.26. The van der Waals surface area contributed by atoms with E-state index < -0.39 is 12.0 Å². The first-order chi connectivity index (χ1) is 18.3. The number of pyridine rings is 1. The predicted molar refractivity (Wildman–Crippen MR) is 148 cm³/mol. The molecule has 8 nitrogen and oxygen atoms in total. The van der Waals surface area contributed by atoms with Gasteiger partial charge >= 0.3 is 0 Å². The Morgan fingerprint density at radius 1 is 1.18 bits per heavy atom. The normalized spacial score (nSPS) is 17.7. The minimum absolute atomic E-state index is 0.0000298. The lowest BCUT2D eigenvalue weighted by atomic mass is 10.1. The van der Waals surface area contributed by atoms with E-state index in [2.05, 4.69) is 15.3 Å². The van der Waals surface area contributed by atoms with Crippen molar-refractivity contribution in [2.45, 2.75) is 70.8 Å². The van der Waals surface area contributed by atoms with Gasteiger partial charge in [-0.3, -0.25) is 9.59 Å². The molecule has 5 N–H and O–H groups in total. The lowest BCUT2D eigenvalue weighted by molar-refractivity contribution is 0.104. The highest BCUT2D eigenvalue weighted by molar-refractivity contribution is 6.09. The molecule has 4 rings (SSSR count). The van der Waals surface area contributed by atoms with Gasteiger partial charge in [0.05, 0.1) is 11.9 Å². The van der Waals surface area contributed by atoms with Crippen molar-refractivity contribution in [3.63, 3.8) is 0 Å². The smallest absolute Gasteiger partial charge is 0.250 e. The summed E-state index contributed by atoms with van der Waals surface area (Å²) in [6.07, 6.45) is 7.49. The Morgan fingerprint density at radius 3 is 2.58 bits per heavy atom. The van der Waals surface area contributed by atoms with Crippen molar-refractivity contribution in [3.8, 4) is 11.3 Å². The first-order valence-electron chi connectivity index (χ1n) is 13.1. The average molecular weight is 519 g/mol. The molecule has 0 spiro atoms. The van der Waals surface area contributed by atoms with Gasteiger partial charge in [-0.05, 0) is 49.3 Å². The molecular weight excluding hydrogens is 483 g/mol. The molecule has 1 fully saturated rings. The molecule has 0 aliphatic heterocycles. The lowest BCUT2D eigenvalue weighted by Gasteiger charge is -2.17. The number of rotatable bonds is 10. The topological polar surface area (TPSA) is 129 Å². The maximum Gasteiger partial charge on any atom is 0.250 e. The molecule has 0 radical (unpaired) electrons. The molecule has 3 aromatic rings. The number of allylic oxidation sites excluding steroid dienone is 1. The number of nitrogens with two attached hydrogens (primary N) is 2. The van der Waals surface area contributed by atoms with Crippen molar-refractivity contribution in [1.82, 2.24) is 19.9 Å². The third kappa shape index (κ3) is 6.34. The third-order valence-corrected chi connectivity index (χ3v) is 7.14. The number of carbonyl (C=O) groups excluding carboxylic acids is 1. The van der Waals surface area contributed by atoms with E-state index in [1.807, 2.05) is 38.1 Å². The van der Waals surface area contributed by atoms with Crippen LogP contribution in [0.1, 0.15) is 73.6 Å². The van der Waals surface area contributed by atoms with E-state index in [1.165, 1.54) is 18.3 Å². The zero-order chi connectivity index (χ0) is 27.2. The summed E-state index contributed by atoms with van der Waals surface area (Å²) in [5, 5.41) is 3.39. The molecule has 2 atom stereocenters. The summed E-state index contributed by atoms with van der Waals surface area (Å²) in [4.78, 5) is 34.1. The second kappa shape index (κ2) is 12.1. The standard InChI is InChI=1S/C29H35FN6O2/c1-3-23(4-2)36-17-20(9-12-27(36)38)25-16-34-29(32)28(35-25)26(37)14-24(31)19-7-5-18(6-8-19)15-33-22-11-10-21(30)13-22/h5-9,12,14,16-17,21-23,33H,3-4,10-11,13,15,31H2,1-2H3,(H2,32,34)/t21?,22-/m1/s1. The Morgan fingerprint density at radius 2 is 1.92 bits per heavy atom. The van der Waals surface area contributed by atoms with Crippen LogP contribution >= 0.6 is 0 Å². The monoisotopic (exact) mass is 518 g/mol. The summed E-state index contributed by atoms with van der Waals surface area (Å²) >= 11 is 0. The van der Waals surface area contributed by atoms with Crippen molar-refractivity contribution in [3.05, 3.63) is 82.0 Å². The van der Waals surface area contributed by atoms with Crippen LogP contribution in [-0.4, -0.2) is 32.5 Å². The Bertz CT molecular complexity index is 1360. The van der Waals surface area contributed by atoms with Gasteiger partial charge in [0.2, 0.25) is 5.78 Å². The maximum atomic E-state index is 13.4. The summed E-state index contributed by atoms with van der Waals surface area (Å²) in [5.74, 6) is -0.463. The van der Waals surface area contributed by atoms with E-state index in [9.17, 15) is 14.0 Å². The van der Waals surface area contributed by atoms with Gasteiger partial charge in [-0.15, -0.1) is 0 Å². The minimum atomic E-state index is -0.707. The highest BCUT2D eigenvalue weighted by atomic mass is 19.1. The minimum Gasteiger partial charge on any atom is -0.398 e. The molecule has 9 heteroatoms. The zero-order valence-electron chi connectivity index (χ0n) is 21.9. The maximum absolute atomic E-state index is 13.4. The van der Waals surface area contributed by atoms with E-state index >= 15 is 0 Å². The van der Waals surface area contributed by atoms with Crippen LogP contribution in [0.15, 0.2) is 59.7 Å². The Hall–Kier alpha value is -3.85. The van der Waals surface area contributed by atoms with Crippen molar-refractivity contribution < 1.29 is 9.18 Å². The summed E-state index contributed by atoms with van der Waals surface area (Å²) in [6, 6.07) is 11.0. The number of halogens is 1. The second-order valence-corrected chi connectivity index (χ2v) is 9.77. The van der Waals surface area contributed by atoms with Gasteiger partial charge in [-0.25, -0.2) is 14.4 Å². The Balaban J connectivity index is 1.50. The fourth-order valence-electron chi connectivity index (χ4n) is 4.82. The van der Waals surface area contributed by atoms with Crippen molar-refractivity contribution >= 4 is 17.3 Å². The van der Waals surface area contributed by atoms with E-state index in [-0.39, 0.29) is 34.9 Å². The van der Waals surface area contributed by atoms with Gasteiger partial charge in [0.25, 0.3) is 5.56 Å². The van der Waals surface area contributed by atoms with E-state index in [4.69, 9.17) is 11.5 Å². The number of aromatic nitrogens is 3. The van der Waals surface area contributed by atoms with Crippen LogP contribution in [-0.2, 0) is 6.54 Å². The molecule has 2 aromatic heterocycles. The van der Waals surface area contributed by atoms with Crippen molar-refractivity contribution in [2.75, 3.05) is 5.73 Å². The van der Waals surface area contributed by atoms with E-state index in [0.29, 0.717) is 36.2 Å². The van der Waals surface area contributed by atoms with Crippen LogP contribution in [0, 0.1) is 0 Å². The molecule has 0 bridgehead atoms. The highest BCUT2D eigenvalue weighted by Crippen LogP contribution is 2.23. The van der Waals surface area contributed by atoms with Crippen LogP contribution in [0.5, 0.6) is 0 Å². The summed E-state index contributed by atoms with van der Waals surface area (Å²) in [5.41, 5.74) is 15.2. The van der Waals surface area contributed by atoms with Gasteiger partial charge in [0.1, 0.15) is 6.17 Å². The average Bonchev–Trinajstić information content (AvgIpc) is 3.34. The third-order valence-electron chi connectivity index (χ3n) is 7.14. The molecule has 2 heterocycles. The molecule has 1 aromatic carbocycles. The molecule has 1 aliphatic carbocycles. The Kier molecular flexibility index (Phi) is 8.68. The van der Waals surface area contributed by atoms with Crippen LogP contribution in [0.25, 0.3) is 17.0 Å². The first kappa shape index (κ1) is 27.2. The molecule has 38 heavy (non-hydrogen) atoms. The predicted octanol–water partition coefficient (Wildman–Crippen LogP) is 4.41. The van der Waals surface area contributed by atoms with Gasteiger partial charge in [0.15, 0.2) is 11.5 Å². The summed E-state index contributed by atoms with van der Waals surface area (Å²) < 4.78 is 15.1. The number of carbonyl (C=O) groups is 1. The molecule has 0 amide bonds. The van der Waals surface area contributed by atoms with Crippen LogP contribution in [0.3, 0.4) is 0 Å². The summed E-state index contributed by atoms with van der Waals surface area (Å²) in [6.45, 7) is 4.71. The number of nitrogens with one attached hydrogen (secondary N) is 1. The van der Waals surface area contributed by atoms with Gasteiger partial charge < -0.3 is 21.4 Å². The number of ketones is 1. The highest BCUT2D eigenvalue weighted by Gasteiger charge is 2.23. The van der Waals surface area contributed by atoms with Crippen molar-refractivity contribution in [1.29, 1.82) is 0 Å². The van der Waals surface area contributed by atoms with Crippen LogP contribution in [0.2, 0.25) is 0 Å². The van der Waals surface area contributed by atoms with Gasteiger partial charge in [-0.2, -0.15) is 0 Å². The quantitative estimate of drug-likeness (QED) is 0.268. The molecule has 0 saturated heterocycles. The zero-order valence-corrected chi connectivity index (χ0v) is 21.9. The number of nitrogen functional groups attached to an aromatic ring is 1. The second-order valence-electron chi connectivity index (χ2n) is 9.77. The molecule has 1 saturated carbocycles. The number of anilines is 1. The van der Waals surface area contributed by atoms with E-state index in [0.717, 1.165) is 24.8 Å². The fraction of sp³-hybridized carbons (Fsp3) is 0.379. The van der Waals surface area contributed by atoms with Gasteiger partial charge in [0, 0.05) is 48.2 Å². The number of benzene rings is 1. The van der Waals surface area contributed by atoms with Crippen LogP contribution in [0.4, 0.5) is 10.2 Å². The van der Waals surface area contributed by atoms with E-state index in [1.54, 1.807) is 16.8 Å². The molecule has 1 unspecified atom stereocenters. The van der Waals surface area contributed by atoms with Gasteiger partial charge in [-0.1, -0.05) is 38.1 Å². The molecular formula is C29H35FN6O2. The fourth-order valence-corrected chi connectivity index (χ4v) is 4.82. The molecule has 1 aliphatic rings. The summed E-state index contributed by atoms with van der Waals surface area (Å²) in [7, 11) is 0. The number of nitrogens with zero attached hydrogens (tertiary/aromatic N) is 3. The number of hydrogen-bond acceptors (Lipinski definition) is 7. The largest absolute Gasteiger partial charge is 0.398 e. The Labute approximate surface area is 222 Å². The first-order valence-corrected chi connectivity index (χ1v) is 13.1. The SMILES string of the molecule is CCC(CC)n1cc(-c2cnc(N)c(C(=O)C=C(N)c3ccc(CN[C@@H]4CCC(F)C4)cc3)n2)ccc1=O. The van der Waals surface area contributed by atoms with Crippen molar-refractivity contribution in [2.24, 2.45) is 5.73 Å². The van der Waals surface area contributed by atoms with Crippen LogP contribution < -0.4 is 22.3 Å². The molecule has 200 valence electrons. The number of alkyl halides is 1. The number of hydrogen-bond donors (Lipinski definition) is 3.